The Bertz CT molecular complexity index is 2490. The van der Waals surface area contributed by atoms with Gasteiger partial charge >= 0.3 is 0 Å². The van der Waals surface area contributed by atoms with E-state index in [-0.39, 0.29) is 0 Å². The van der Waals surface area contributed by atoms with Crippen molar-refractivity contribution >= 4 is 56.1 Å². The third-order valence-electron chi connectivity index (χ3n) is 9.94. The van der Waals surface area contributed by atoms with E-state index in [4.69, 9.17) is 4.42 Å². The minimum Gasteiger partial charge on any atom is -0.456 e. The van der Waals surface area contributed by atoms with E-state index >= 15 is 0 Å². The highest BCUT2D eigenvalue weighted by Crippen LogP contribution is 2.39. The number of para-hydroxylation sites is 2. The summed E-state index contributed by atoms with van der Waals surface area (Å²) < 4.78 is 6.34. The molecule has 0 aliphatic carbocycles. The molecule has 0 saturated heterocycles. The van der Waals surface area contributed by atoms with E-state index in [1.807, 2.05) is 0 Å². The fraction of sp³-hybridized carbons (Fsp3) is 0.0400. The quantitative estimate of drug-likeness (QED) is 0.159. The Balaban J connectivity index is 1.04. The second-order valence-corrected chi connectivity index (χ2v) is 13.6. The topological polar surface area (TPSA) is 19.6 Å². The van der Waals surface area contributed by atoms with Crippen LogP contribution in [0.25, 0.3) is 44.2 Å². The minimum atomic E-state index is 0.888. The second-order valence-electron chi connectivity index (χ2n) is 13.6. The van der Waals surface area contributed by atoms with Gasteiger partial charge in [0.2, 0.25) is 0 Å². The smallest absolute Gasteiger partial charge is 0.135 e. The SMILES string of the molecule is Cc1cccc(N(c2ccccc2)c2ccc(-c3ccc4oc5ccc(-c6ccc(N(c7ccccc7)c7cccc(C)c7)cc6)cc5c4c3)cc2)c1. The minimum absolute atomic E-state index is 0.888. The van der Waals surface area contributed by atoms with Crippen molar-refractivity contribution in [2.75, 3.05) is 9.80 Å². The number of benzene rings is 8. The van der Waals surface area contributed by atoms with Crippen molar-refractivity contribution in [3.63, 3.8) is 0 Å². The summed E-state index contributed by atoms with van der Waals surface area (Å²) >= 11 is 0. The highest BCUT2D eigenvalue weighted by atomic mass is 16.3. The molecule has 254 valence electrons. The summed E-state index contributed by atoms with van der Waals surface area (Å²) in [6.07, 6.45) is 0. The highest BCUT2D eigenvalue weighted by molar-refractivity contribution is 6.07. The fourth-order valence-electron chi connectivity index (χ4n) is 7.33. The molecule has 1 heterocycles. The van der Waals surface area contributed by atoms with Crippen LogP contribution in [0.3, 0.4) is 0 Å². The molecule has 0 aliphatic rings. The monoisotopic (exact) mass is 682 g/mol. The molecular weight excluding hydrogens is 645 g/mol. The maximum absolute atomic E-state index is 6.34. The van der Waals surface area contributed by atoms with Gasteiger partial charge in [-0.05, 0) is 144 Å². The number of hydrogen-bond acceptors (Lipinski definition) is 3. The lowest BCUT2D eigenvalue weighted by Gasteiger charge is -2.26. The molecule has 0 aliphatic heterocycles. The van der Waals surface area contributed by atoms with Crippen molar-refractivity contribution in [1.29, 1.82) is 0 Å². The van der Waals surface area contributed by atoms with Gasteiger partial charge in [0, 0.05) is 44.9 Å². The zero-order chi connectivity index (χ0) is 35.7. The first kappa shape index (κ1) is 32.1. The Morgan fingerprint density at radius 3 is 1.06 bits per heavy atom. The van der Waals surface area contributed by atoms with Crippen molar-refractivity contribution < 1.29 is 4.42 Å². The molecule has 8 aromatic carbocycles. The first-order chi connectivity index (χ1) is 26.1. The molecule has 0 spiro atoms. The first-order valence-corrected chi connectivity index (χ1v) is 18.1. The Hall–Kier alpha value is -6.84. The van der Waals surface area contributed by atoms with Gasteiger partial charge in [-0.2, -0.15) is 0 Å². The predicted molar refractivity (Wildman–Crippen MR) is 223 cm³/mol. The van der Waals surface area contributed by atoms with Crippen LogP contribution in [-0.2, 0) is 0 Å². The molecule has 0 N–H and O–H groups in total. The van der Waals surface area contributed by atoms with Crippen molar-refractivity contribution in [2.45, 2.75) is 13.8 Å². The summed E-state index contributed by atoms with van der Waals surface area (Å²) in [5.74, 6) is 0. The fourth-order valence-corrected chi connectivity index (χ4v) is 7.33. The van der Waals surface area contributed by atoms with E-state index in [9.17, 15) is 0 Å². The molecule has 0 amide bonds. The normalized spacial score (nSPS) is 11.2. The molecule has 0 fully saturated rings. The molecule has 0 atom stereocenters. The average Bonchev–Trinajstić information content (AvgIpc) is 3.57. The molecular formula is C50H38N2O. The molecule has 0 bridgehead atoms. The zero-order valence-electron chi connectivity index (χ0n) is 29.8. The van der Waals surface area contributed by atoms with E-state index in [0.29, 0.717) is 0 Å². The molecule has 3 heteroatoms. The number of anilines is 6. The summed E-state index contributed by atoms with van der Waals surface area (Å²) in [6.45, 7) is 4.27. The van der Waals surface area contributed by atoms with Crippen LogP contribution in [-0.4, -0.2) is 0 Å². The Morgan fingerprint density at radius 1 is 0.302 bits per heavy atom. The summed E-state index contributed by atoms with van der Waals surface area (Å²) in [7, 11) is 0. The van der Waals surface area contributed by atoms with Crippen molar-refractivity contribution in [3.05, 3.63) is 205 Å². The molecule has 0 radical (unpaired) electrons. The van der Waals surface area contributed by atoms with Crippen molar-refractivity contribution in [1.82, 2.24) is 0 Å². The molecule has 0 unspecified atom stereocenters. The summed E-state index contributed by atoms with van der Waals surface area (Å²) in [4.78, 5) is 4.61. The van der Waals surface area contributed by atoms with Crippen LogP contribution in [0.2, 0.25) is 0 Å². The van der Waals surface area contributed by atoms with Crippen LogP contribution in [0, 0.1) is 13.8 Å². The number of hydrogen-bond donors (Lipinski definition) is 0. The third kappa shape index (κ3) is 6.34. The van der Waals surface area contributed by atoms with Crippen LogP contribution < -0.4 is 9.80 Å². The van der Waals surface area contributed by atoms with Crippen LogP contribution in [0.5, 0.6) is 0 Å². The molecule has 1 aromatic heterocycles. The second kappa shape index (κ2) is 13.7. The van der Waals surface area contributed by atoms with Crippen molar-refractivity contribution in [3.8, 4) is 22.3 Å². The van der Waals surface area contributed by atoms with Gasteiger partial charge in [-0.1, -0.05) is 97.1 Å². The van der Waals surface area contributed by atoms with E-state index in [2.05, 4.69) is 218 Å². The van der Waals surface area contributed by atoms with Gasteiger partial charge in [-0.3, -0.25) is 0 Å². The zero-order valence-corrected chi connectivity index (χ0v) is 29.8. The maximum Gasteiger partial charge on any atom is 0.135 e. The summed E-state index contributed by atoms with van der Waals surface area (Å²) in [5, 5.41) is 2.22. The van der Waals surface area contributed by atoms with Crippen LogP contribution in [0.1, 0.15) is 11.1 Å². The van der Waals surface area contributed by atoms with Crippen LogP contribution in [0.15, 0.2) is 199 Å². The third-order valence-corrected chi connectivity index (χ3v) is 9.94. The van der Waals surface area contributed by atoms with E-state index in [0.717, 1.165) is 78.3 Å². The van der Waals surface area contributed by atoms with E-state index < -0.39 is 0 Å². The van der Waals surface area contributed by atoms with Gasteiger partial charge in [0.1, 0.15) is 11.2 Å². The van der Waals surface area contributed by atoms with Gasteiger partial charge < -0.3 is 14.2 Å². The number of rotatable bonds is 8. The van der Waals surface area contributed by atoms with E-state index in [1.54, 1.807) is 0 Å². The largest absolute Gasteiger partial charge is 0.456 e. The highest BCUT2D eigenvalue weighted by Gasteiger charge is 2.16. The lowest BCUT2D eigenvalue weighted by molar-refractivity contribution is 0.669. The molecule has 53 heavy (non-hydrogen) atoms. The van der Waals surface area contributed by atoms with Gasteiger partial charge in [-0.15, -0.1) is 0 Å². The Labute approximate surface area is 310 Å². The number of furan rings is 1. The van der Waals surface area contributed by atoms with Crippen molar-refractivity contribution in [2.24, 2.45) is 0 Å². The predicted octanol–water partition coefficient (Wildman–Crippen LogP) is 14.5. The van der Waals surface area contributed by atoms with Gasteiger partial charge in [0.15, 0.2) is 0 Å². The maximum atomic E-state index is 6.34. The first-order valence-electron chi connectivity index (χ1n) is 18.1. The number of aryl methyl sites for hydroxylation is 2. The summed E-state index contributed by atoms with van der Waals surface area (Å²) in [6, 6.07) is 69.1. The molecule has 9 rings (SSSR count). The Morgan fingerprint density at radius 2 is 0.660 bits per heavy atom. The van der Waals surface area contributed by atoms with Gasteiger partial charge in [-0.25, -0.2) is 0 Å². The molecule has 0 saturated carbocycles. The van der Waals surface area contributed by atoms with Crippen LogP contribution in [0.4, 0.5) is 34.1 Å². The number of fused-ring (bicyclic) bond motifs is 3. The van der Waals surface area contributed by atoms with Gasteiger partial charge in [0.05, 0.1) is 0 Å². The standard InChI is InChI=1S/C50H38N2O/c1-35-11-9-17-45(31-35)51(41-13-5-3-6-14-41)43-25-19-37(20-26-43)39-23-29-49-47(33-39)48-34-40(24-30-50(48)53-49)38-21-27-44(28-22-38)52(42-15-7-4-8-16-42)46-18-10-12-36(2)32-46/h3-34H,1-2H3. The molecule has 3 nitrogen and oxygen atoms in total. The Kier molecular flexibility index (Phi) is 8.30. The molecule has 9 aromatic rings. The van der Waals surface area contributed by atoms with Gasteiger partial charge in [0.25, 0.3) is 0 Å². The summed E-state index contributed by atoms with van der Waals surface area (Å²) in [5.41, 5.74) is 15.6. The average molecular weight is 683 g/mol. The lowest BCUT2D eigenvalue weighted by Crippen LogP contribution is -2.09. The van der Waals surface area contributed by atoms with E-state index in [1.165, 1.54) is 11.1 Å². The lowest BCUT2D eigenvalue weighted by atomic mass is 9.99. The van der Waals surface area contributed by atoms with Crippen LogP contribution >= 0.6 is 0 Å². The number of nitrogens with zero attached hydrogens (tertiary/aromatic N) is 2.